The number of thiocarbonyl (C=S) groups is 1. The molecule has 84 valence electrons. The predicted octanol–water partition coefficient (Wildman–Crippen LogP) is 1.37. The molecule has 0 saturated heterocycles. The molecule has 1 aliphatic rings. The van der Waals surface area contributed by atoms with Crippen LogP contribution in [-0.2, 0) is 11.3 Å². The third-order valence-corrected chi connectivity index (χ3v) is 3.34. The first-order valence-electron chi connectivity index (χ1n) is 5.27. The van der Waals surface area contributed by atoms with Crippen LogP contribution in [-0.4, -0.2) is 10.9 Å². The van der Waals surface area contributed by atoms with E-state index in [0.717, 1.165) is 18.4 Å². The molecule has 2 rings (SSSR count). The van der Waals surface area contributed by atoms with Crippen LogP contribution in [0.4, 0.5) is 0 Å². The molecule has 0 atom stereocenters. The predicted molar refractivity (Wildman–Crippen MR) is 66.7 cm³/mol. The monoisotopic (exact) mass is 234 g/mol. The van der Waals surface area contributed by atoms with Gasteiger partial charge in [0, 0.05) is 6.54 Å². The van der Waals surface area contributed by atoms with Crippen LogP contribution in [0, 0.1) is 5.41 Å². The molecule has 1 aromatic rings. The van der Waals surface area contributed by atoms with Gasteiger partial charge in [0.15, 0.2) is 0 Å². The molecular formula is C12H14N2OS. The van der Waals surface area contributed by atoms with Crippen molar-refractivity contribution in [2.24, 2.45) is 11.1 Å². The topological polar surface area (TPSA) is 55.1 Å². The highest BCUT2D eigenvalue weighted by Crippen LogP contribution is 2.46. The molecule has 4 heteroatoms. The van der Waals surface area contributed by atoms with E-state index in [1.807, 2.05) is 30.3 Å². The Labute approximate surface area is 100 Å². The molecule has 0 bridgehead atoms. The summed E-state index contributed by atoms with van der Waals surface area (Å²) in [5, 5.41) is 2.88. The van der Waals surface area contributed by atoms with Gasteiger partial charge in [-0.25, -0.2) is 0 Å². The summed E-state index contributed by atoms with van der Waals surface area (Å²) in [4.78, 5) is 12.2. The lowest BCUT2D eigenvalue weighted by atomic mass is 10.1. The average molecular weight is 234 g/mol. The standard InChI is InChI=1S/C12H14N2OS/c13-10(16)12(6-7-12)11(15)14-8-9-4-2-1-3-5-9/h1-5H,6-8H2,(H2,13,16)(H,14,15). The molecule has 0 aromatic heterocycles. The highest BCUT2D eigenvalue weighted by Gasteiger charge is 2.52. The van der Waals surface area contributed by atoms with E-state index in [9.17, 15) is 4.79 Å². The van der Waals surface area contributed by atoms with Gasteiger partial charge in [-0.1, -0.05) is 42.5 Å². The normalized spacial score (nSPS) is 16.5. The van der Waals surface area contributed by atoms with Crippen molar-refractivity contribution < 1.29 is 4.79 Å². The van der Waals surface area contributed by atoms with Crippen LogP contribution in [0.3, 0.4) is 0 Å². The van der Waals surface area contributed by atoms with Gasteiger partial charge in [0.05, 0.1) is 10.4 Å². The molecule has 1 amide bonds. The summed E-state index contributed by atoms with van der Waals surface area (Å²) in [6.07, 6.45) is 1.56. The maximum Gasteiger partial charge on any atom is 0.233 e. The Morgan fingerprint density at radius 3 is 2.50 bits per heavy atom. The Bertz CT molecular complexity index is 412. The zero-order chi connectivity index (χ0) is 11.6. The molecule has 1 fully saturated rings. The van der Waals surface area contributed by atoms with E-state index < -0.39 is 5.41 Å². The quantitative estimate of drug-likeness (QED) is 0.774. The summed E-state index contributed by atoms with van der Waals surface area (Å²) < 4.78 is 0. The van der Waals surface area contributed by atoms with E-state index in [0.29, 0.717) is 11.5 Å². The molecular weight excluding hydrogens is 220 g/mol. The van der Waals surface area contributed by atoms with E-state index in [4.69, 9.17) is 18.0 Å². The molecule has 0 radical (unpaired) electrons. The van der Waals surface area contributed by atoms with E-state index in [-0.39, 0.29) is 5.91 Å². The molecule has 0 spiro atoms. The maximum absolute atomic E-state index is 11.9. The van der Waals surface area contributed by atoms with Crippen molar-refractivity contribution in [1.82, 2.24) is 5.32 Å². The Hall–Kier alpha value is -1.42. The second-order valence-corrected chi connectivity index (χ2v) is 4.55. The van der Waals surface area contributed by atoms with Gasteiger partial charge in [-0.2, -0.15) is 0 Å². The fourth-order valence-corrected chi connectivity index (χ4v) is 1.95. The zero-order valence-corrected chi connectivity index (χ0v) is 9.72. The van der Waals surface area contributed by atoms with Gasteiger partial charge in [0.25, 0.3) is 0 Å². The molecule has 1 saturated carbocycles. The first-order chi connectivity index (χ1) is 7.65. The molecule has 1 aromatic carbocycles. The van der Waals surface area contributed by atoms with Crippen molar-refractivity contribution in [1.29, 1.82) is 0 Å². The van der Waals surface area contributed by atoms with Gasteiger partial charge in [-0.15, -0.1) is 0 Å². The second kappa shape index (κ2) is 4.22. The van der Waals surface area contributed by atoms with Gasteiger partial charge in [-0.3, -0.25) is 4.79 Å². The minimum atomic E-state index is -0.551. The third kappa shape index (κ3) is 2.07. The van der Waals surface area contributed by atoms with Gasteiger partial charge in [0.2, 0.25) is 5.91 Å². The lowest BCUT2D eigenvalue weighted by Gasteiger charge is -2.13. The van der Waals surface area contributed by atoms with Gasteiger partial charge < -0.3 is 11.1 Å². The van der Waals surface area contributed by atoms with Crippen LogP contribution in [0.25, 0.3) is 0 Å². The van der Waals surface area contributed by atoms with Gasteiger partial charge >= 0.3 is 0 Å². The smallest absolute Gasteiger partial charge is 0.233 e. The van der Waals surface area contributed by atoms with Crippen molar-refractivity contribution in [2.45, 2.75) is 19.4 Å². The van der Waals surface area contributed by atoms with Crippen LogP contribution in [0.2, 0.25) is 0 Å². The minimum absolute atomic E-state index is 0.0381. The van der Waals surface area contributed by atoms with Crippen molar-refractivity contribution in [3.8, 4) is 0 Å². The molecule has 0 aliphatic heterocycles. The van der Waals surface area contributed by atoms with Crippen molar-refractivity contribution >= 4 is 23.1 Å². The number of nitrogens with one attached hydrogen (secondary N) is 1. The molecule has 1 aliphatic carbocycles. The van der Waals surface area contributed by atoms with Crippen LogP contribution < -0.4 is 11.1 Å². The fourth-order valence-electron chi connectivity index (χ4n) is 1.66. The van der Waals surface area contributed by atoms with Gasteiger partial charge in [0.1, 0.15) is 0 Å². The Balaban J connectivity index is 1.92. The number of hydrogen-bond acceptors (Lipinski definition) is 2. The fraction of sp³-hybridized carbons (Fsp3) is 0.333. The molecule has 3 N–H and O–H groups in total. The molecule has 3 nitrogen and oxygen atoms in total. The lowest BCUT2D eigenvalue weighted by Crippen LogP contribution is -2.39. The van der Waals surface area contributed by atoms with E-state index in [2.05, 4.69) is 5.32 Å². The highest BCUT2D eigenvalue weighted by molar-refractivity contribution is 7.80. The van der Waals surface area contributed by atoms with Crippen molar-refractivity contribution in [3.05, 3.63) is 35.9 Å². The summed E-state index contributed by atoms with van der Waals surface area (Å²) in [6, 6.07) is 9.79. The number of hydrogen-bond donors (Lipinski definition) is 2. The number of carbonyl (C=O) groups excluding carboxylic acids is 1. The number of benzene rings is 1. The largest absolute Gasteiger partial charge is 0.392 e. The third-order valence-electron chi connectivity index (χ3n) is 2.95. The minimum Gasteiger partial charge on any atom is -0.392 e. The summed E-state index contributed by atoms with van der Waals surface area (Å²) >= 11 is 4.92. The molecule has 0 heterocycles. The van der Waals surface area contributed by atoms with Crippen LogP contribution in [0.15, 0.2) is 30.3 Å². The number of carbonyl (C=O) groups is 1. The Morgan fingerprint density at radius 2 is 2.00 bits per heavy atom. The Kier molecular flexibility index (Phi) is 2.92. The van der Waals surface area contributed by atoms with Crippen LogP contribution in [0.5, 0.6) is 0 Å². The molecule has 0 unspecified atom stereocenters. The van der Waals surface area contributed by atoms with Gasteiger partial charge in [-0.05, 0) is 18.4 Å². The van der Waals surface area contributed by atoms with Crippen LogP contribution >= 0.6 is 12.2 Å². The van der Waals surface area contributed by atoms with Crippen molar-refractivity contribution in [2.75, 3.05) is 0 Å². The number of nitrogens with two attached hydrogens (primary N) is 1. The summed E-state index contributed by atoms with van der Waals surface area (Å²) in [6.45, 7) is 0.532. The second-order valence-electron chi connectivity index (χ2n) is 4.11. The first-order valence-corrected chi connectivity index (χ1v) is 5.68. The van der Waals surface area contributed by atoms with Crippen LogP contribution in [0.1, 0.15) is 18.4 Å². The number of amides is 1. The van der Waals surface area contributed by atoms with E-state index in [1.54, 1.807) is 0 Å². The summed E-state index contributed by atoms with van der Waals surface area (Å²) in [7, 11) is 0. The highest BCUT2D eigenvalue weighted by atomic mass is 32.1. The van der Waals surface area contributed by atoms with Crippen molar-refractivity contribution in [3.63, 3.8) is 0 Å². The Morgan fingerprint density at radius 1 is 1.38 bits per heavy atom. The summed E-state index contributed by atoms with van der Waals surface area (Å²) in [5.41, 5.74) is 6.10. The zero-order valence-electron chi connectivity index (χ0n) is 8.90. The SMILES string of the molecule is NC(=S)C1(C(=O)NCc2ccccc2)CC1. The number of rotatable bonds is 4. The average Bonchev–Trinajstić information content (AvgIpc) is 3.08. The van der Waals surface area contributed by atoms with E-state index in [1.165, 1.54) is 0 Å². The molecule has 16 heavy (non-hydrogen) atoms. The van der Waals surface area contributed by atoms with E-state index >= 15 is 0 Å². The first kappa shape index (κ1) is 11.1. The lowest BCUT2D eigenvalue weighted by molar-refractivity contribution is -0.124. The summed E-state index contributed by atoms with van der Waals surface area (Å²) in [5.74, 6) is -0.0381. The maximum atomic E-state index is 11.9.